The molecule has 18 heavy (non-hydrogen) atoms. The lowest BCUT2D eigenvalue weighted by Crippen LogP contribution is -2.03. The number of ether oxygens (including phenoxy) is 1. The topological polar surface area (TPSA) is 39.2 Å². The van der Waals surface area contributed by atoms with Crippen LogP contribution < -0.4 is 4.74 Å². The minimum absolute atomic E-state index is 0.0996. The summed E-state index contributed by atoms with van der Waals surface area (Å²) in [6.07, 6.45) is 0. The van der Waals surface area contributed by atoms with Crippen LogP contribution in [-0.4, -0.2) is 17.9 Å². The molecule has 0 atom stereocenters. The first-order chi connectivity index (χ1) is 8.52. The molecule has 0 unspecified atom stereocenters. The minimum Gasteiger partial charge on any atom is -0.496 e. The first kappa shape index (κ1) is 13.1. The van der Waals surface area contributed by atoms with E-state index in [4.69, 9.17) is 16.3 Å². The number of hydrogen-bond acceptors (Lipinski definition) is 4. The van der Waals surface area contributed by atoms with Gasteiger partial charge in [-0.1, -0.05) is 11.6 Å². The van der Waals surface area contributed by atoms with Gasteiger partial charge in [-0.15, -0.1) is 11.3 Å². The van der Waals surface area contributed by atoms with Gasteiger partial charge in [0.05, 0.1) is 28.3 Å². The molecule has 0 spiro atoms. The number of rotatable bonds is 3. The van der Waals surface area contributed by atoms with Crippen molar-refractivity contribution in [2.75, 3.05) is 7.11 Å². The zero-order chi connectivity index (χ0) is 13.3. The molecular formula is C13H12ClNO2S. The molecule has 0 saturated heterocycles. The van der Waals surface area contributed by atoms with E-state index in [1.165, 1.54) is 18.4 Å². The molecule has 0 saturated carbocycles. The van der Waals surface area contributed by atoms with Gasteiger partial charge in [-0.05, 0) is 32.0 Å². The lowest BCUT2D eigenvalue weighted by molar-refractivity contribution is 0.103. The molecule has 0 amide bonds. The Kier molecular flexibility index (Phi) is 3.68. The van der Waals surface area contributed by atoms with Crippen molar-refractivity contribution in [3.05, 3.63) is 44.4 Å². The lowest BCUT2D eigenvalue weighted by atomic mass is 10.1. The number of carbonyl (C=O) groups is 1. The van der Waals surface area contributed by atoms with Crippen LogP contribution >= 0.6 is 22.9 Å². The third-order valence-corrected chi connectivity index (χ3v) is 3.82. The van der Waals surface area contributed by atoms with E-state index in [-0.39, 0.29) is 5.78 Å². The van der Waals surface area contributed by atoms with Crippen molar-refractivity contribution in [3.63, 3.8) is 0 Å². The Hall–Kier alpha value is -1.39. The normalized spacial score (nSPS) is 10.4. The van der Waals surface area contributed by atoms with Crippen LogP contribution in [0.25, 0.3) is 0 Å². The molecule has 1 aromatic carbocycles. The van der Waals surface area contributed by atoms with E-state index in [1.807, 2.05) is 13.8 Å². The number of ketones is 1. The molecule has 1 aromatic heterocycles. The van der Waals surface area contributed by atoms with Gasteiger partial charge in [-0.3, -0.25) is 4.79 Å². The molecule has 0 aliphatic rings. The summed E-state index contributed by atoms with van der Waals surface area (Å²) in [5.74, 6) is 0.423. The second-order valence-electron chi connectivity index (χ2n) is 3.82. The molecular weight excluding hydrogens is 270 g/mol. The Bertz CT molecular complexity index is 607. The van der Waals surface area contributed by atoms with Gasteiger partial charge in [-0.2, -0.15) is 0 Å². The zero-order valence-corrected chi connectivity index (χ0v) is 11.9. The second-order valence-corrected chi connectivity index (χ2v) is 5.46. The maximum absolute atomic E-state index is 12.4. The first-order valence-corrected chi connectivity index (χ1v) is 6.54. The van der Waals surface area contributed by atoms with Gasteiger partial charge < -0.3 is 4.74 Å². The van der Waals surface area contributed by atoms with E-state index in [2.05, 4.69) is 4.98 Å². The monoisotopic (exact) mass is 281 g/mol. The summed E-state index contributed by atoms with van der Waals surface area (Å²) in [5.41, 5.74) is 1.21. The Labute approximate surface area is 114 Å². The van der Waals surface area contributed by atoms with Gasteiger partial charge in [0, 0.05) is 5.02 Å². The molecule has 0 aliphatic carbocycles. The Morgan fingerprint density at radius 2 is 2.11 bits per heavy atom. The number of benzene rings is 1. The fourth-order valence-electron chi connectivity index (χ4n) is 1.72. The molecule has 0 bridgehead atoms. The van der Waals surface area contributed by atoms with Crippen molar-refractivity contribution in [1.82, 2.24) is 4.98 Å². The molecule has 3 nitrogen and oxygen atoms in total. The molecule has 94 valence electrons. The first-order valence-electron chi connectivity index (χ1n) is 5.35. The van der Waals surface area contributed by atoms with Gasteiger partial charge in [0.2, 0.25) is 5.78 Å². The van der Waals surface area contributed by atoms with Gasteiger partial charge in [0.25, 0.3) is 0 Å². The number of hydrogen-bond donors (Lipinski definition) is 0. The summed E-state index contributed by atoms with van der Waals surface area (Å²) in [4.78, 5) is 17.3. The summed E-state index contributed by atoms with van der Waals surface area (Å²) in [6, 6.07) is 5.01. The van der Waals surface area contributed by atoms with E-state index in [1.54, 1.807) is 18.2 Å². The van der Waals surface area contributed by atoms with Gasteiger partial charge >= 0.3 is 0 Å². The molecule has 5 heteroatoms. The SMILES string of the molecule is COc1ccc(Cl)cc1C(=O)c1sc(C)nc1C. The number of halogens is 1. The van der Waals surface area contributed by atoms with Crippen LogP contribution in [0.15, 0.2) is 18.2 Å². The molecule has 2 rings (SSSR count). The predicted octanol–water partition coefficient (Wildman–Crippen LogP) is 3.65. The highest BCUT2D eigenvalue weighted by Gasteiger charge is 2.19. The summed E-state index contributed by atoms with van der Waals surface area (Å²) in [7, 11) is 1.53. The summed E-state index contributed by atoms with van der Waals surface area (Å²) in [5, 5.41) is 1.38. The molecule has 0 aliphatic heterocycles. The van der Waals surface area contributed by atoms with E-state index in [0.717, 1.165) is 10.7 Å². The van der Waals surface area contributed by atoms with Crippen LogP contribution in [0.2, 0.25) is 5.02 Å². The van der Waals surface area contributed by atoms with Crippen molar-refractivity contribution in [2.24, 2.45) is 0 Å². The number of aryl methyl sites for hydroxylation is 2. The van der Waals surface area contributed by atoms with Crippen LogP contribution in [0.1, 0.15) is 25.9 Å². The van der Waals surface area contributed by atoms with Crippen molar-refractivity contribution in [2.45, 2.75) is 13.8 Å². The molecule has 0 fully saturated rings. The largest absolute Gasteiger partial charge is 0.496 e. The average Bonchev–Trinajstić information content (AvgIpc) is 2.67. The maximum Gasteiger partial charge on any atom is 0.208 e. The van der Waals surface area contributed by atoms with Crippen molar-refractivity contribution < 1.29 is 9.53 Å². The van der Waals surface area contributed by atoms with Crippen LogP contribution in [0.5, 0.6) is 5.75 Å². The third-order valence-electron chi connectivity index (χ3n) is 2.52. The highest BCUT2D eigenvalue weighted by atomic mass is 35.5. The van der Waals surface area contributed by atoms with Crippen LogP contribution in [0, 0.1) is 13.8 Å². The highest BCUT2D eigenvalue weighted by Crippen LogP contribution is 2.28. The van der Waals surface area contributed by atoms with Crippen molar-refractivity contribution in [1.29, 1.82) is 0 Å². The number of carbonyl (C=O) groups excluding carboxylic acids is 1. The van der Waals surface area contributed by atoms with Crippen molar-refractivity contribution >= 4 is 28.7 Å². The van der Waals surface area contributed by atoms with E-state index < -0.39 is 0 Å². The smallest absolute Gasteiger partial charge is 0.208 e. The van der Waals surface area contributed by atoms with E-state index in [9.17, 15) is 4.79 Å². The third kappa shape index (κ3) is 2.40. The molecule has 0 N–H and O–H groups in total. The quantitative estimate of drug-likeness (QED) is 0.806. The average molecular weight is 282 g/mol. The van der Waals surface area contributed by atoms with Crippen molar-refractivity contribution in [3.8, 4) is 5.75 Å². The van der Waals surface area contributed by atoms with E-state index in [0.29, 0.717) is 21.2 Å². The van der Waals surface area contributed by atoms with Crippen LogP contribution in [0.4, 0.5) is 0 Å². The number of thiazole rings is 1. The number of nitrogens with zero attached hydrogens (tertiary/aromatic N) is 1. The fraction of sp³-hybridized carbons (Fsp3) is 0.231. The summed E-state index contributed by atoms with van der Waals surface area (Å²) >= 11 is 7.31. The highest BCUT2D eigenvalue weighted by molar-refractivity contribution is 7.14. The molecule has 1 heterocycles. The summed E-state index contributed by atoms with van der Waals surface area (Å²) < 4.78 is 5.19. The van der Waals surface area contributed by atoms with Gasteiger partial charge in [-0.25, -0.2) is 4.98 Å². The predicted molar refractivity (Wildman–Crippen MR) is 73.0 cm³/mol. The fourth-order valence-corrected chi connectivity index (χ4v) is 2.77. The summed E-state index contributed by atoms with van der Waals surface area (Å²) in [6.45, 7) is 3.71. The van der Waals surface area contributed by atoms with Gasteiger partial charge in [0.15, 0.2) is 0 Å². The molecule has 2 aromatic rings. The van der Waals surface area contributed by atoms with Crippen LogP contribution in [-0.2, 0) is 0 Å². The zero-order valence-electron chi connectivity index (χ0n) is 10.3. The standard InChI is InChI=1S/C13H12ClNO2S/c1-7-13(18-8(2)15-7)12(16)10-6-9(14)4-5-11(10)17-3/h4-6H,1-3H3. The molecule has 0 radical (unpaired) electrons. The number of aromatic nitrogens is 1. The maximum atomic E-state index is 12.4. The second kappa shape index (κ2) is 5.08. The Morgan fingerprint density at radius 3 is 2.67 bits per heavy atom. The van der Waals surface area contributed by atoms with Crippen LogP contribution in [0.3, 0.4) is 0 Å². The Balaban J connectivity index is 2.51. The lowest BCUT2D eigenvalue weighted by Gasteiger charge is -2.07. The van der Waals surface area contributed by atoms with Gasteiger partial charge in [0.1, 0.15) is 5.75 Å². The number of methoxy groups -OCH3 is 1. The van der Waals surface area contributed by atoms with E-state index >= 15 is 0 Å². The minimum atomic E-state index is -0.0996. The Morgan fingerprint density at radius 1 is 1.39 bits per heavy atom.